The van der Waals surface area contributed by atoms with Gasteiger partial charge >= 0.3 is 6.09 Å². The average molecular weight is 641 g/mol. The zero-order valence-electron chi connectivity index (χ0n) is 28.6. The van der Waals surface area contributed by atoms with Gasteiger partial charge in [0.05, 0.1) is 6.07 Å². The minimum absolute atomic E-state index is 0.133. The maximum absolute atomic E-state index is 12.4. The summed E-state index contributed by atoms with van der Waals surface area (Å²) in [6.45, 7) is 15.7. The van der Waals surface area contributed by atoms with E-state index in [1.54, 1.807) is 0 Å². The maximum atomic E-state index is 12.4. The molecule has 0 spiro atoms. The zero-order chi connectivity index (χ0) is 33.2. The number of rotatable bonds is 13. The number of amides is 1. The van der Waals surface area contributed by atoms with Crippen LogP contribution >= 0.6 is 0 Å². The largest absolute Gasteiger partial charge is 0.544 e. The Balaban J connectivity index is 1.42. The Morgan fingerprint density at radius 2 is 1.52 bits per heavy atom. The van der Waals surface area contributed by atoms with E-state index in [1.165, 1.54) is 0 Å². The summed E-state index contributed by atoms with van der Waals surface area (Å²) in [5, 5.41) is 13.5. The average Bonchev–Trinajstić information content (AvgIpc) is 3.05. The smallest absolute Gasteiger partial charge is 0.407 e. The second kappa shape index (κ2) is 15.7. The summed E-state index contributed by atoms with van der Waals surface area (Å²) in [4.78, 5) is 17.2. The Labute approximate surface area is 277 Å². The standard InChI is InChI=1S/C38H52N4O3Si/c1-7-24-38(30-39,25-26-40-36(43)44-29-31-14-10-8-11-15-31)41-27-22-34(23-28-41)42(32-16-12-9-13-17-32)33-18-20-35(21-19-33)45-46(5,6)37(2,3)4/h8-21,34H,7,22-29H2,1-6H3,(H,40,43). The zero-order valence-corrected chi connectivity index (χ0v) is 29.6. The highest BCUT2D eigenvalue weighted by Crippen LogP contribution is 2.39. The molecule has 3 aromatic rings. The fraction of sp³-hybridized carbons (Fsp3) is 0.474. The molecule has 1 fully saturated rings. The molecule has 46 heavy (non-hydrogen) atoms. The number of hydrogen-bond acceptors (Lipinski definition) is 6. The predicted octanol–water partition coefficient (Wildman–Crippen LogP) is 9.05. The summed E-state index contributed by atoms with van der Waals surface area (Å²) in [5.74, 6) is 0.925. The van der Waals surface area contributed by atoms with Crippen molar-refractivity contribution >= 4 is 25.8 Å². The topological polar surface area (TPSA) is 77.8 Å². The molecule has 1 amide bonds. The SMILES string of the molecule is CCCC(C#N)(CCNC(=O)OCc1ccccc1)N1CCC(N(c2ccccc2)c2ccc(O[Si](C)(C)C(C)(C)C)cc2)CC1. The Hall–Kier alpha value is -3.80. The first-order valence-corrected chi connectivity index (χ1v) is 19.6. The number of piperidine rings is 1. The molecule has 0 saturated carbocycles. The van der Waals surface area contributed by atoms with E-state index in [9.17, 15) is 10.1 Å². The molecule has 0 aliphatic carbocycles. The Morgan fingerprint density at radius 3 is 2.09 bits per heavy atom. The van der Waals surface area contributed by atoms with Gasteiger partial charge in [0.15, 0.2) is 0 Å². The van der Waals surface area contributed by atoms with Crippen molar-refractivity contribution < 1.29 is 14.0 Å². The van der Waals surface area contributed by atoms with Crippen molar-refractivity contribution in [3.8, 4) is 11.8 Å². The van der Waals surface area contributed by atoms with Gasteiger partial charge in [-0.05, 0) is 85.8 Å². The van der Waals surface area contributed by atoms with Crippen molar-refractivity contribution in [2.75, 3.05) is 24.5 Å². The minimum Gasteiger partial charge on any atom is -0.544 e. The van der Waals surface area contributed by atoms with Crippen molar-refractivity contribution in [2.24, 2.45) is 0 Å². The summed E-state index contributed by atoms with van der Waals surface area (Å²) in [5.41, 5.74) is 2.62. The number of carbonyl (C=O) groups is 1. The number of nitrogens with one attached hydrogen (secondary N) is 1. The van der Waals surface area contributed by atoms with Gasteiger partial charge < -0.3 is 19.4 Å². The molecule has 7 nitrogen and oxygen atoms in total. The van der Waals surface area contributed by atoms with Crippen molar-refractivity contribution in [1.82, 2.24) is 10.2 Å². The molecule has 1 saturated heterocycles. The molecule has 8 heteroatoms. The number of para-hydroxylation sites is 1. The summed E-state index contributed by atoms with van der Waals surface area (Å²) >= 11 is 0. The monoisotopic (exact) mass is 640 g/mol. The van der Waals surface area contributed by atoms with E-state index >= 15 is 0 Å². The second-order valence-electron chi connectivity index (χ2n) is 13.9. The number of anilines is 2. The van der Waals surface area contributed by atoms with E-state index in [0.717, 1.165) is 61.5 Å². The number of hydrogen-bond donors (Lipinski definition) is 1. The molecule has 1 aliphatic rings. The molecule has 246 valence electrons. The van der Waals surface area contributed by atoms with E-state index in [1.807, 2.05) is 30.3 Å². The van der Waals surface area contributed by atoms with Gasteiger partial charge in [0.1, 0.15) is 17.9 Å². The molecule has 1 aliphatic heterocycles. The van der Waals surface area contributed by atoms with Crippen LogP contribution in [0.5, 0.6) is 5.75 Å². The van der Waals surface area contributed by atoms with Gasteiger partial charge in [0.25, 0.3) is 0 Å². The van der Waals surface area contributed by atoms with Gasteiger partial charge in [-0.25, -0.2) is 4.79 Å². The summed E-state index contributed by atoms with van der Waals surface area (Å²) in [6.07, 6.45) is 3.61. The molecule has 4 rings (SSSR count). The van der Waals surface area contributed by atoms with Gasteiger partial charge in [-0.15, -0.1) is 0 Å². The van der Waals surface area contributed by atoms with Crippen LogP contribution in [0.4, 0.5) is 16.2 Å². The number of nitrogens with zero attached hydrogens (tertiary/aromatic N) is 3. The highest BCUT2D eigenvalue weighted by atomic mass is 28.4. The summed E-state index contributed by atoms with van der Waals surface area (Å²) in [6, 6.07) is 31.8. The van der Waals surface area contributed by atoms with Crippen LogP contribution in [0, 0.1) is 11.3 Å². The van der Waals surface area contributed by atoms with Crippen LogP contribution in [0.15, 0.2) is 84.9 Å². The third-order valence-electron chi connectivity index (χ3n) is 9.66. The van der Waals surface area contributed by atoms with Crippen LogP contribution in [0.25, 0.3) is 0 Å². The van der Waals surface area contributed by atoms with Gasteiger partial charge in [-0.3, -0.25) is 4.90 Å². The number of benzene rings is 3. The number of nitriles is 1. The highest BCUT2D eigenvalue weighted by molar-refractivity contribution is 6.74. The molecule has 1 N–H and O–H groups in total. The van der Waals surface area contributed by atoms with Crippen molar-refractivity contribution in [3.05, 3.63) is 90.5 Å². The van der Waals surface area contributed by atoms with Crippen LogP contribution < -0.4 is 14.6 Å². The molecular formula is C38H52N4O3Si. The Bertz CT molecular complexity index is 1410. The molecule has 1 atom stereocenters. The molecule has 0 bridgehead atoms. The van der Waals surface area contributed by atoms with E-state index in [4.69, 9.17) is 9.16 Å². The van der Waals surface area contributed by atoms with E-state index < -0.39 is 19.9 Å². The van der Waals surface area contributed by atoms with Crippen molar-refractivity contribution in [2.45, 2.75) is 96.1 Å². The second-order valence-corrected chi connectivity index (χ2v) is 18.6. The molecule has 0 radical (unpaired) electrons. The van der Waals surface area contributed by atoms with Gasteiger partial charge in [0.2, 0.25) is 8.32 Å². The minimum atomic E-state index is -1.93. The first-order valence-electron chi connectivity index (χ1n) is 16.7. The Morgan fingerprint density at radius 1 is 0.935 bits per heavy atom. The van der Waals surface area contributed by atoms with Crippen LogP contribution in [-0.2, 0) is 11.3 Å². The van der Waals surface area contributed by atoms with Gasteiger partial charge in [-0.2, -0.15) is 5.26 Å². The third kappa shape index (κ3) is 8.92. The van der Waals surface area contributed by atoms with Crippen LogP contribution in [0.1, 0.15) is 65.4 Å². The summed E-state index contributed by atoms with van der Waals surface area (Å²) in [7, 11) is -1.93. The fourth-order valence-electron chi connectivity index (χ4n) is 6.02. The van der Waals surface area contributed by atoms with E-state index in [0.29, 0.717) is 13.0 Å². The Kier molecular flexibility index (Phi) is 11.9. The van der Waals surface area contributed by atoms with E-state index in [2.05, 4.69) is 117 Å². The molecule has 1 unspecified atom stereocenters. The third-order valence-corrected chi connectivity index (χ3v) is 14.0. The number of ether oxygens (including phenoxy) is 1. The molecular weight excluding hydrogens is 589 g/mol. The lowest BCUT2D eigenvalue weighted by molar-refractivity contribution is 0.0857. The van der Waals surface area contributed by atoms with Crippen molar-refractivity contribution in [3.63, 3.8) is 0 Å². The van der Waals surface area contributed by atoms with Gasteiger partial charge in [0, 0.05) is 37.1 Å². The lowest BCUT2D eigenvalue weighted by Crippen LogP contribution is -2.55. The number of carbonyl (C=O) groups excluding carboxylic acids is 1. The van der Waals surface area contributed by atoms with Crippen LogP contribution in [0.2, 0.25) is 18.1 Å². The fourth-order valence-corrected chi connectivity index (χ4v) is 7.05. The first-order chi connectivity index (χ1) is 22.0. The molecule has 0 aromatic heterocycles. The van der Waals surface area contributed by atoms with E-state index in [-0.39, 0.29) is 17.7 Å². The molecule has 1 heterocycles. The number of likely N-dealkylation sites (tertiary alicyclic amines) is 1. The predicted molar refractivity (Wildman–Crippen MR) is 190 cm³/mol. The lowest BCUT2D eigenvalue weighted by Gasteiger charge is -2.46. The highest BCUT2D eigenvalue weighted by Gasteiger charge is 2.40. The maximum Gasteiger partial charge on any atom is 0.407 e. The quantitative estimate of drug-likeness (QED) is 0.188. The van der Waals surface area contributed by atoms with Crippen LogP contribution in [0.3, 0.4) is 0 Å². The molecule has 3 aromatic carbocycles. The van der Waals surface area contributed by atoms with Crippen LogP contribution in [-0.4, -0.2) is 50.5 Å². The number of alkyl carbamates (subject to hydrolysis) is 1. The lowest BCUT2D eigenvalue weighted by atomic mass is 9.86. The normalized spacial score (nSPS) is 15.8. The first kappa shape index (κ1) is 35.1. The summed E-state index contributed by atoms with van der Waals surface area (Å²) < 4.78 is 12.0. The van der Waals surface area contributed by atoms with Gasteiger partial charge in [-0.1, -0.05) is 82.6 Å². The van der Waals surface area contributed by atoms with Crippen molar-refractivity contribution in [1.29, 1.82) is 5.26 Å².